The molecule has 7 nitrogen and oxygen atoms in total. The first-order chi connectivity index (χ1) is 12.4. The quantitative estimate of drug-likeness (QED) is 0.761. The fourth-order valence-electron chi connectivity index (χ4n) is 3.19. The van der Waals surface area contributed by atoms with Crippen molar-refractivity contribution in [3.8, 4) is 5.95 Å². The average Bonchev–Trinajstić information content (AvgIpc) is 2.88. The van der Waals surface area contributed by atoms with Crippen LogP contribution >= 0.6 is 12.4 Å². The molecule has 0 radical (unpaired) electrons. The standard InChI is InChI=1S/C19H26N6O.ClH/c1-12-9-13(2)23-19(22-12)25-15(4)17(14(3)24-25)10-18(26)21-11-16-5-7-20-8-6-16;/h5,9,20H,6-8,10-11H2,1-4H3,(H,21,26);1H. The molecule has 3 rings (SSSR count). The second-order valence-electron chi connectivity index (χ2n) is 6.78. The van der Waals surface area contributed by atoms with E-state index in [0.717, 1.165) is 47.8 Å². The monoisotopic (exact) mass is 390 g/mol. The maximum Gasteiger partial charge on any atom is 0.251 e. The number of halogens is 1. The van der Waals surface area contributed by atoms with Crippen LogP contribution < -0.4 is 10.6 Å². The lowest BCUT2D eigenvalue weighted by molar-refractivity contribution is -0.120. The molecule has 1 amide bonds. The van der Waals surface area contributed by atoms with Crippen LogP contribution in [0.4, 0.5) is 0 Å². The minimum absolute atomic E-state index is 0. The fourth-order valence-corrected chi connectivity index (χ4v) is 3.19. The number of amides is 1. The summed E-state index contributed by atoms with van der Waals surface area (Å²) in [7, 11) is 0. The zero-order valence-electron chi connectivity index (χ0n) is 16.3. The van der Waals surface area contributed by atoms with Gasteiger partial charge in [-0.1, -0.05) is 11.6 Å². The highest BCUT2D eigenvalue weighted by molar-refractivity contribution is 5.85. The average molecular weight is 391 g/mol. The van der Waals surface area contributed by atoms with Gasteiger partial charge < -0.3 is 10.6 Å². The van der Waals surface area contributed by atoms with Gasteiger partial charge in [0, 0.05) is 35.7 Å². The lowest BCUT2D eigenvalue weighted by Crippen LogP contribution is -2.30. The molecule has 0 aliphatic carbocycles. The first-order valence-electron chi connectivity index (χ1n) is 8.97. The molecule has 0 aromatic carbocycles. The Hall–Kier alpha value is -2.25. The molecule has 2 aromatic heterocycles. The van der Waals surface area contributed by atoms with Crippen LogP contribution in [0.5, 0.6) is 0 Å². The van der Waals surface area contributed by atoms with E-state index in [1.165, 1.54) is 5.57 Å². The molecule has 146 valence electrons. The Bertz CT molecular complexity index is 838. The molecule has 0 saturated carbocycles. The topological polar surface area (TPSA) is 84.7 Å². The minimum Gasteiger partial charge on any atom is -0.352 e. The molecule has 3 heterocycles. The first-order valence-corrected chi connectivity index (χ1v) is 8.97. The first kappa shape index (κ1) is 21.1. The predicted molar refractivity (Wildman–Crippen MR) is 108 cm³/mol. The van der Waals surface area contributed by atoms with Gasteiger partial charge in [0.05, 0.1) is 12.1 Å². The van der Waals surface area contributed by atoms with Gasteiger partial charge in [0.15, 0.2) is 0 Å². The lowest BCUT2D eigenvalue weighted by atomic mass is 10.1. The van der Waals surface area contributed by atoms with Crippen LogP contribution in [-0.2, 0) is 11.2 Å². The van der Waals surface area contributed by atoms with Crippen LogP contribution in [0.25, 0.3) is 5.95 Å². The van der Waals surface area contributed by atoms with E-state index in [-0.39, 0.29) is 18.3 Å². The number of aryl methyl sites for hydroxylation is 3. The number of rotatable bonds is 5. The second-order valence-corrected chi connectivity index (χ2v) is 6.78. The summed E-state index contributed by atoms with van der Waals surface area (Å²) in [6.45, 7) is 10.2. The van der Waals surface area contributed by atoms with Gasteiger partial charge >= 0.3 is 0 Å². The van der Waals surface area contributed by atoms with Crippen LogP contribution in [0.2, 0.25) is 0 Å². The van der Waals surface area contributed by atoms with Crippen molar-refractivity contribution < 1.29 is 4.79 Å². The van der Waals surface area contributed by atoms with Crippen LogP contribution in [0.15, 0.2) is 17.7 Å². The number of hydrogen-bond donors (Lipinski definition) is 2. The molecule has 0 spiro atoms. The number of hydrogen-bond acceptors (Lipinski definition) is 5. The van der Waals surface area contributed by atoms with E-state index in [0.29, 0.717) is 18.9 Å². The molecule has 0 atom stereocenters. The van der Waals surface area contributed by atoms with Crippen molar-refractivity contribution in [3.63, 3.8) is 0 Å². The molecule has 0 fully saturated rings. The van der Waals surface area contributed by atoms with Crippen LogP contribution in [0, 0.1) is 27.7 Å². The number of nitrogens with zero attached hydrogens (tertiary/aromatic N) is 4. The summed E-state index contributed by atoms with van der Waals surface area (Å²) in [5, 5.41) is 10.8. The summed E-state index contributed by atoms with van der Waals surface area (Å²) >= 11 is 0. The molecule has 8 heteroatoms. The third-order valence-electron chi connectivity index (χ3n) is 4.61. The number of nitrogens with one attached hydrogen (secondary N) is 2. The number of carbonyl (C=O) groups excluding carboxylic acids is 1. The maximum absolute atomic E-state index is 12.4. The minimum atomic E-state index is 0. The summed E-state index contributed by atoms with van der Waals surface area (Å²) in [5.41, 5.74) is 5.75. The SMILES string of the molecule is Cc1cc(C)nc(-n2nc(C)c(CC(=O)NCC3=CCNCC3)c2C)n1.Cl. The van der Waals surface area contributed by atoms with E-state index in [4.69, 9.17) is 0 Å². The molecule has 0 saturated heterocycles. The highest BCUT2D eigenvalue weighted by Gasteiger charge is 2.17. The third-order valence-corrected chi connectivity index (χ3v) is 4.61. The van der Waals surface area contributed by atoms with Crippen molar-refractivity contribution in [2.24, 2.45) is 0 Å². The van der Waals surface area contributed by atoms with Crippen molar-refractivity contribution in [2.45, 2.75) is 40.5 Å². The van der Waals surface area contributed by atoms with Gasteiger partial charge in [-0.25, -0.2) is 14.6 Å². The molecule has 27 heavy (non-hydrogen) atoms. The molecule has 0 bridgehead atoms. The zero-order valence-corrected chi connectivity index (χ0v) is 17.1. The van der Waals surface area contributed by atoms with Gasteiger partial charge in [-0.3, -0.25) is 4.79 Å². The van der Waals surface area contributed by atoms with Gasteiger partial charge in [-0.15, -0.1) is 12.4 Å². The third kappa shape index (κ3) is 5.14. The summed E-state index contributed by atoms with van der Waals surface area (Å²) in [6, 6.07) is 1.93. The Labute approximate surface area is 166 Å². The summed E-state index contributed by atoms with van der Waals surface area (Å²) in [6.07, 6.45) is 3.45. The van der Waals surface area contributed by atoms with Gasteiger partial charge in [0.1, 0.15) is 0 Å². The Morgan fingerprint density at radius 1 is 1.22 bits per heavy atom. The fraction of sp³-hybridized carbons (Fsp3) is 0.474. The number of aromatic nitrogens is 4. The highest BCUT2D eigenvalue weighted by Crippen LogP contribution is 2.17. The maximum atomic E-state index is 12.4. The smallest absolute Gasteiger partial charge is 0.251 e. The summed E-state index contributed by atoms with van der Waals surface area (Å²) in [5.74, 6) is 0.561. The van der Waals surface area contributed by atoms with Crippen molar-refractivity contribution >= 4 is 18.3 Å². The van der Waals surface area contributed by atoms with Crippen molar-refractivity contribution in [1.82, 2.24) is 30.4 Å². The molecule has 2 N–H and O–H groups in total. The molecule has 0 unspecified atom stereocenters. The highest BCUT2D eigenvalue weighted by atomic mass is 35.5. The molecule has 1 aliphatic rings. The summed E-state index contributed by atoms with van der Waals surface area (Å²) < 4.78 is 1.73. The Balaban J connectivity index is 0.00000261. The van der Waals surface area contributed by atoms with Gasteiger partial charge in [-0.05, 0) is 46.7 Å². The van der Waals surface area contributed by atoms with Crippen LogP contribution in [0.3, 0.4) is 0 Å². The van der Waals surface area contributed by atoms with E-state index in [9.17, 15) is 4.79 Å². The molecule has 1 aliphatic heterocycles. The largest absolute Gasteiger partial charge is 0.352 e. The van der Waals surface area contributed by atoms with Gasteiger partial charge in [-0.2, -0.15) is 5.10 Å². The Morgan fingerprint density at radius 2 is 1.93 bits per heavy atom. The van der Waals surface area contributed by atoms with E-state index < -0.39 is 0 Å². The van der Waals surface area contributed by atoms with Gasteiger partial charge in [0.25, 0.3) is 5.95 Å². The Kier molecular flexibility index (Phi) is 7.10. The van der Waals surface area contributed by atoms with Gasteiger partial charge in [0.2, 0.25) is 5.91 Å². The van der Waals surface area contributed by atoms with Crippen molar-refractivity contribution in [3.05, 3.63) is 46.1 Å². The molecular weight excluding hydrogens is 364 g/mol. The van der Waals surface area contributed by atoms with Crippen LogP contribution in [-0.4, -0.2) is 45.3 Å². The molecular formula is C19H27ClN6O. The number of carbonyl (C=O) groups is 1. The van der Waals surface area contributed by atoms with E-state index in [1.54, 1.807) is 4.68 Å². The van der Waals surface area contributed by atoms with E-state index in [1.807, 2.05) is 33.8 Å². The second kappa shape index (κ2) is 9.10. The lowest BCUT2D eigenvalue weighted by Gasteiger charge is -2.14. The van der Waals surface area contributed by atoms with Crippen molar-refractivity contribution in [2.75, 3.05) is 19.6 Å². The van der Waals surface area contributed by atoms with Crippen LogP contribution in [0.1, 0.15) is 34.8 Å². The normalized spacial score (nSPS) is 13.7. The van der Waals surface area contributed by atoms with E-state index in [2.05, 4.69) is 31.8 Å². The predicted octanol–water partition coefficient (Wildman–Crippen LogP) is 1.90. The van der Waals surface area contributed by atoms with E-state index >= 15 is 0 Å². The van der Waals surface area contributed by atoms with Crippen molar-refractivity contribution in [1.29, 1.82) is 0 Å². The summed E-state index contributed by atoms with van der Waals surface area (Å²) in [4.78, 5) is 21.3. The zero-order chi connectivity index (χ0) is 18.7. The molecule has 2 aromatic rings. The Morgan fingerprint density at radius 3 is 2.56 bits per heavy atom.